The van der Waals surface area contributed by atoms with Gasteiger partial charge in [-0.05, 0) is 18.4 Å². The first-order valence-corrected chi connectivity index (χ1v) is 6.40. The van der Waals surface area contributed by atoms with Gasteiger partial charge in [0.2, 0.25) is 11.8 Å². The fourth-order valence-corrected chi connectivity index (χ4v) is 2.17. The van der Waals surface area contributed by atoms with Crippen LogP contribution in [0.2, 0.25) is 0 Å². The van der Waals surface area contributed by atoms with Crippen molar-refractivity contribution in [2.24, 2.45) is 5.73 Å². The van der Waals surface area contributed by atoms with Crippen molar-refractivity contribution in [1.29, 1.82) is 0 Å². The molecule has 0 radical (unpaired) electrons. The molecule has 0 saturated carbocycles. The van der Waals surface area contributed by atoms with Crippen molar-refractivity contribution in [3.63, 3.8) is 0 Å². The Bertz CT molecular complexity index is 509. The number of hydrogen-bond donors (Lipinski definition) is 2. The van der Waals surface area contributed by atoms with Gasteiger partial charge in [-0.2, -0.15) is 4.98 Å². The van der Waals surface area contributed by atoms with Crippen LogP contribution in [-0.4, -0.2) is 22.6 Å². The molecule has 2 aromatic heterocycles. The maximum Gasteiger partial charge on any atom is 0.242 e. The standard InChI is InChI=1S/C11H14N4O2S/c1-7-14-9(17-15-7)4-5-13-11(16)10(12)8-3-2-6-18-8/h2-3,6,10H,4-5,12H2,1H3,(H,13,16). The monoisotopic (exact) mass is 266 g/mol. The molecule has 2 heterocycles. The van der Waals surface area contributed by atoms with Gasteiger partial charge in [0.1, 0.15) is 6.04 Å². The minimum absolute atomic E-state index is 0.200. The smallest absolute Gasteiger partial charge is 0.242 e. The van der Waals surface area contributed by atoms with Crippen LogP contribution < -0.4 is 11.1 Å². The van der Waals surface area contributed by atoms with E-state index in [2.05, 4.69) is 15.5 Å². The number of carbonyl (C=O) groups is 1. The van der Waals surface area contributed by atoms with Crippen LogP contribution in [-0.2, 0) is 11.2 Å². The molecule has 0 bridgehead atoms. The number of amides is 1. The highest BCUT2D eigenvalue weighted by atomic mass is 32.1. The fourth-order valence-electron chi connectivity index (χ4n) is 1.44. The minimum Gasteiger partial charge on any atom is -0.354 e. The number of carbonyl (C=O) groups excluding carboxylic acids is 1. The van der Waals surface area contributed by atoms with E-state index in [4.69, 9.17) is 10.3 Å². The molecule has 1 atom stereocenters. The third-order valence-electron chi connectivity index (χ3n) is 2.34. The van der Waals surface area contributed by atoms with Gasteiger partial charge in [0, 0.05) is 17.8 Å². The molecule has 1 unspecified atom stereocenters. The maximum absolute atomic E-state index is 11.7. The first-order chi connectivity index (χ1) is 8.66. The lowest BCUT2D eigenvalue weighted by molar-refractivity contribution is -0.122. The Balaban J connectivity index is 1.78. The van der Waals surface area contributed by atoms with Crippen LogP contribution in [0.5, 0.6) is 0 Å². The summed E-state index contributed by atoms with van der Waals surface area (Å²) in [6.45, 7) is 2.18. The van der Waals surface area contributed by atoms with E-state index < -0.39 is 6.04 Å². The van der Waals surface area contributed by atoms with E-state index in [1.807, 2.05) is 17.5 Å². The third-order valence-corrected chi connectivity index (χ3v) is 3.30. The highest BCUT2D eigenvalue weighted by molar-refractivity contribution is 7.10. The van der Waals surface area contributed by atoms with Gasteiger partial charge in [-0.25, -0.2) is 0 Å². The first-order valence-electron chi connectivity index (χ1n) is 5.52. The Morgan fingerprint density at radius 2 is 2.50 bits per heavy atom. The summed E-state index contributed by atoms with van der Waals surface area (Å²) >= 11 is 1.47. The number of aryl methyl sites for hydroxylation is 1. The average Bonchev–Trinajstić information content (AvgIpc) is 2.99. The predicted octanol–water partition coefficient (Wildman–Crippen LogP) is 0.798. The molecule has 96 valence electrons. The first kappa shape index (κ1) is 12.7. The summed E-state index contributed by atoms with van der Waals surface area (Å²) in [6, 6.07) is 3.10. The second-order valence-electron chi connectivity index (χ2n) is 3.77. The molecule has 0 spiro atoms. The number of nitrogens with one attached hydrogen (secondary N) is 1. The number of thiophene rings is 1. The van der Waals surface area contributed by atoms with Crippen LogP contribution in [0.1, 0.15) is 22.6 Å². The van der Waals surface area contributed by atoms with E-state index in [0.29, 0.717) is 24.7 Å². The van der Waals surface area contributed by atoms with Gasteiger partial charge in [0.15, 0.2) is 5.82 Å². The molecule has 18 heavy (non-hydrogen) atoms. The summed E-state index contributed by atoms with van der Waals surface area (Å²) in [5, 5.41) is 8.30. The summed E-state index contributed by atoms with van der Waals surface area (Å²) < 4.78 is 4.94. The molecule has 3 N–H and O–H groups in total. The molecule has 0 aliphatic rings. The lowest BCUT2D eigenvalue weighted by Crippen LogP contribution is -2.34. The number of nitrogens with two attached hydrogens (primary N) is 1. The highest BCUT2D eigenvalue weighted by Gasteiger charge is 2.16. The fraction of sp³-hybridized carbons (Fsp3) is 0.364. The largest absolute Gasteiger partial charge is 0.354 e. The summed E-state index contributed by atoms with van der Waals surface area (Å²) in [6.07, 6.45) is 0.504. The van der Waals surface area contributed by atoms with Gasteiger partial charge in [0.05, 0.1) is 0 Å². The van der Waals surface area contributed by atoms with E-state index in [1.54, 1.807) is 6.92 Å². The van der Waals surface area contributed by atoms with Gasteiger partial charge in [-0.15, -0.1) is 11.3 Å². The van der Waals surface area contributed by atoms with Crippen molar-refractivity contribution >= 4 is 17.2 Å². The zero-order chi connectivity index (χ0) is 13.0. The Labute approximate surface area is 108 Å². The van der Waals surface area contributed by atoms with Gasteiger partial charge in [-0.3, -0.25) is 4.79 Å². The molecule has 7 heteroatoms. The van der Waals surface area contributed by atoms with Crippen molar-refractivity contribution in [3.05, 3.63) is 34.1 Å². The van der Waals surface area contributed by atoms with Crippen LogP contribution >= 0.6 is 11.3 Å². The van der Waals surface area contributed by atoms with Crippen LogP contribution in [0, 0.1) is 6.92 Å². The minimum atomic E-state index is -0.616. The van der Waals surface area contributed by atoms with Gasteiger partial charge >= 0.3 is 0 Å². The van der Waals surface area contributed by atoms with E-state index in [9.17, 15) is 4.79 Å². The van der Waals surface area contributed by atoms with E-state index in [0.717, 1.165) is 4.88 Å². The summed E-state index contributed by atoms with van der Waals surface area (Å²) in [5.41, 5.74) is 5.81. The van der Waals surface area contributed by atoms with E-state index in [1.165, 1.54) is 11.3 Å². The van der Waals surface area contributed by atoms with Crippen LogP contribution in [0.25, 0.3) is 0 Å². The number of rotatable bonds is 5. The number of aromatic nitrogens is 2. The van der Waals surface area contributed by atoms with Crippen molar-refractivity contribution in [1.82, 2.24) is 15.5 Å². The molecular formula is C11H14N4O2S. The van der Waals surface area contributed by atoms with Crippen molar-refractivity contribution in [2.75, 3.05) is 6.54 Å². The van der Waals surface area contributed by atoms with Crippen LogP contribution in [0.4, 0.5) is 0 Å². The maximum atomic E-state index is 11.7. The second-order valence-corrected chi connectivity index (χ2v) is 4.75. The van der Waals surface area contributed by atoms with Crippen LogP contribution in [0.15, 0.2) is 22.0 Å². The third kappa shape index (κ3) is 3.14. The van der Waals surface area contributed by atoms with Crippen molar-refractivity contribution < 1.29 is 9.32 Å². The number of nitrogens with zero attached hydrogens (tertiary/aromatic N) is 2. The molecule has 0 aliphatic heterocycles. The molecule has 0 aliphatic carbocycles. The van der Waals surface area contributed by atoms with Crippen LogP contribution in [0.3, 0.4) is 0 Å². The molecule has 2 rings (SSSR count). The van der Waals surface area contributed by atoms with E-state index in [-0.39, 0.29) is 5.91 Å². The SMILES string of the molecule is Cc1noc(CCNC(=O)C(N)c2cccs2)n1. The lowest BCUT2D eigenvalue weighted by Gasteiger charge is -2.09. The number of hydrogen-bond acceptors (Lipinski definition) is 6. The zero-order valence-corrected chi connectivity index (χ0v) is 10.7. The molecule has 2 aromatic rings. The average molecular weight is 266 g/mol. The van der Waals surface area contributed by atoms with Crippen molar-refractivity contribution in [2.45, 2.75) is 19.4 Å². The zero-order valence-electron chi connectivity index (χ0n) is 9.92. The summed E-state index contributed by atoms with van der Waals surface area (Å²) in [4.78, 5) is 16.6. The molecule has 0 fully saturated rings. The quantitative estimate of drug-likeness (QED) is 0.834. The predicted molar refractivity (Wildman–Crippen MR) is 67.0 cm³/mol. The van der Waals surface area contributed by atoms with Crippen molar-refractivity contribution in [3.8, 4) is 0 Å². The summed E-state index contributed by atoms with van der Waals surface area (Å²) in [5.74, 6) is 0.901. The topological polar surface area (TPSA) is 94.0 Å². The van der Waals surface area contributed by atoms with Gasteiger partial charge < -0.3 is 15.6 Å². The molecular weight excluding hydrogens is 252 g/mol. The Hall–Kier alpha value is -1.73. The highest BCUT2D eigenvalue weighted by Crippen LogP contribution is 2.16. The normalized spacial score (nSPS) is 12.3. The Kier molecular flexibility index (Phi) is 4.06. The molecule has 0 aromatic carbocycles. The molecule has 0 saturated heterocycles. The Morgan fingerprint density at radius 1 is 1.67 bits per heavy atom. The summed E-state index contributed by atoms with van der Waals surface area (Å²) in [7, 11) is 0. The van der Waals surface area contributed by atoms with Gasteiger partial charge in [0.25, 0.3) is 0 Å². The van der Waals surface area contributed by atoms with E-state index >= 15 is 0 Å². The Morgan fingerprint density at radius 3 is 3.11 bits per heavy atom. The molecule has 6 nitrogen and oxygen atoms in total. The lowest BCUT2D eigenvalue weighted by atomic mass is 10.2. The van der Waals surface area contributed by atoms with Gasteiger partial charge in [-0.1, -0.05) is 11.2 Å². The molecule has 1 amide bonds. The second kappa shape index (κ2) is 5.74.